The molecule has 1 amide bonds. The van der Waals surface area contributed by atoms with E-state index in [1.165, 1.54) is 0 Å². The summed E-state index contributed by atoms with van der Waals surface area (Å²) in [5, 5.41) is 7.24. The van der Waals surface area contributed by atoms with Crippen LogP contribution in [-0.2, 0) is 13.6 Å². The molecule has 1 aromatic carbocycles. The van der Waals surface area contributed by atoms with Gasteiger partial charge in [-0.1, -0.05) is 30.3 Å². The second-order valence-corrected chi connectivity index (χ2v) is 5.26. The third kappa shape index (κ3) is 1.83. The van der Waals surface area contributed by atoms with Gasteiger partial charge >= 0.3 is 0 Å². The summed E-state index contributed by atoms with van der Waals surface area (Å²) in [5.74, 6) is -0.0381. The predicted octanol–water partition coefficient (Wildman–Crippen LogP) is 2.39. The van der Waals surface area contributed by atoms with E-state index in [1.54, 1.807) is 12.3 Å². The molecule has 1 aliphatic heterocycles. The molecule has 1 aliphatic rings. The number of pyridine rings is 1. The number of aryl methyl sites for hydroxylation is 1. The Kier molecular flexibility index (Phi) is 2.79. The van der Waals surface area contributed by atoms with E-state index in [0.717, 1.165) is 28.1 Å². The van der Waals surface area contributed by atoms with Gasteiger partial charge in [-0.3, -0.25) is 14.5 Å². The van der Waals surface area contributed by atoms with Crippen molar-refractivity contribution >= 4 is 5.91 Å². The molecule has 2 aromatic heterocycles. The number of hydrogen-bond acceptors (Lipinski definition) is 3. The number of hydrogen-bond donors (Lipinski definition) is 1. The molecule has 22 heavy (non-hydrogen) atoms. The van der Waals surface area contributed by atoms with Gasteiger partial charge in [0.1, 0.15) is 0 Å². The number of nitrogens with zero attached hydrogens (tertiary/aromatic N) is 3. The number of benzene rings is 1. The summed E-state index contributed by atoms with van der Waals surface area (Å²) < 4.78 is 1.84. The maximum Gasteiger partial charge on any atom is 0.252 e. The fraction of sp³-hybridized carbons (Fsp3) is 0.118. The third-order valence-corrected chi connectivity index (χ3v) is 3.97. The lowest BCUT2D eigenvalue weighted by atomic mass is 10.00. The monoisotopic (exact) mass is 290 g/mol. The van der Waals surface area contributed by atoms with Gasteiger partial charge in [-0.15, -0.1) is 0 Å². The van der Waals surface area contributed by atoms with Gasteiger partial charge < -0.3 is 5.32 Å². The SMILES string of the molecule is Cn1ncc(-c2nccc3c2CNC3=O)c1-c1ccccc1. The maximum absolute atomic E-state index is 11.8. The fourth-order valence-corrected chi connectivity index (χ4v) is 2.93. The lowest BCUT2D eigenvalue weighted by Gasteiger charge is -2.08. The summed E-state index contributed by atoms with van der Waals surface area (Å²) in [6.45, 7) is 0.514. The molecule has 5 heteroatoms. The van der Waals surface area contributed by atoms with E-state index in [9.17, 15) is 4.79 Å². The van der Waals surface area contributed by atoms with Crippen LogP contribution >= 0.6 is 0 Å². The van der Waals surface area contributed by atoms with Crippen LogP contribution in [0, 0.1) is 0 Å². The molecule has 0 bridgehead atoms. The Morgan fingerprint density at radius 2 is 1.95 bits per heavy atom. The van der Waals surface area contributed by atoms with E-state index in [0.29, 0.717) is 12.1 Å². The van der Waals surface area contributed by atoms with Gasteiger partial charge in [-0.05, 0) is 6.07 Å². The molecule has 0 atom stereocenters. The summed E-state index contributed by atoms with van der Waals surface area (Å²) in [6.07, 6.45) is 3.49. The highest BCUT2D eigenvalue weighted by molar-refractivity contribution is 6.00. The van der Waals surface area contributed by atoms with Gasteiger partial charge in [0.25, 0.3) is 5.91 Å². The van der Waals surface area contributed by atoms with E-state index in [1.807, 2.05) is 48.3 Å². The van der Waals surface area contributed by atoms with Crippen LogP contribution in [0.1, 0.15) is 15.9 Å². The quantitative estimate of drug-likeness (QED) is 0.788. The highest BCUT2D eigenvalue weighted by atomic mass is 16.1. The largest absolute Gasteiger partial charge is 0.348 e. The number of carbonyl (C=O) groups is 1. The van der Waals surface area contributed by atoms with E-state index in [-0.39, 0.29) is 5.91 Å². The van der Waals surface area contributed by atoms with Crippen LogP contribution in [0.5, 0.6) is 0 Å². The molecule has 3 heterocycles. The number of aromatic nitrogens is 3. The molecule has 0 saturated heterocycles. The van der Waals surface area contributed by atoms with Crippen molar-refractivity contribution in [1.82, 2.24) is 20.1 Å². The lowest BCUT2D eigenvalue weighted by Crippen LogP contribution is -2.12. The topological polar surface area (TPSA) is 59.8 Å². The van der Waals surface area contributed by atoms with Gasteiger partial charge in [0.2, 0.25) is 0 Å². The average molecular weight is 290 g/mol. The number of rotatable bonds is 2. The molecule has 0 fully saturated rings. The maximum atomic E-state index is 11.8. The molecule has 0 saturated carbocycles. The molecule has 108 valence electrons. The first kappa shape index (κ1) is 12.8. The van der Waals surface area contributed by atoms with Crippen molar-refractivity contribution < 1.29 is 4.79 Å². The molecule has 0 unspecified atom stereocenters. The van der Waals surface area contributed by atoms with E-state index >= 15 is 0 Å². The minimum absolute atomic E-state index is 0.0381. The van der Waals surface area contributed by atoms with Crippen LogP contribution in [0.3, 0.4) is 0 Å². The smallest absolute Gasteiger partial charge is 0.252 e. The molecule has 4 rings (SSSR count). The predicted molar refractivity (Wildman–Crippen MR) is 83.0 cm³/mol. The summed E-state index contributed by atoms with van der Waals surface area (Å²) in [6, 6.07) is 11.8. The van der Waals surface area contributed by atoms with Crippen molar-refractivity contribution in [3.8, 4) is 22.5 Å². The Morgan fingerprint density at radius 1 is 1.14 bits per heavy atom. The van der Waals surface area contributed by atoms with Crippen LogP contribution < -0.4 is 5.32 Å². The summed E-state index contributed by atoms with van der Waals surface area (Å²) in [5.41, 5.74) is 5.49. The highest BCUT2D eigenvalue weighted by Crippen LogP contribution is 2.34. The van der Waals surface area contributed by atoms with Crippen molar-refractivity contribution in [3.05, 3.63) is 59.9 Å². The first-order valence-electron chi connectivity index (χ1n) is 7.09. The van der Waals surface area contributed by atoms with Gasteiger partial charge in [0.15, 0.2) is 0 Å². The van der Waals surface area contributed by atoms with Crippen molar-refractivity contribution in [2.24, 2.45) is 7.05 Å². The van der Waals surface area contributed by atoms with Crippen molar-refractivity contribution in [2.45, 2.75) is 6.54 Å². The molecular weight excluding hydrogens is 276 g/mol. The minimum atomic E-state index is -0.0381. The Morgan fingerprint density at radius 3 is 2.77 bits per heavy atom. The van der Waals surface area contributed by atoms with Crippen molar-refractivity contribution in [2.75, 3.05) is 0 Å². The van der Waals surface area contributed by atoms with Crippen LogP contribution in [0.25, 0.3) is 22.5 Å². The van der Waals surface area contributed by atoms with Gasteiger partial charge in [0, 0.05) is 42.0 Å². The van der Waals surface area contributed by atoms with E-state index in [4.69, 9.17) is 0 Å². The minimum Gasteiger partial charge on any atom is -0.348 e. The highest BCUT2D eigenvalue weighted by Gasteiger charge is 2.25. The average Bonchev–Trinajstić information content (AvgIpc) is 3.12. The number of fused-ring (bicyclic) bond motifs is 1. The van der Waals surface area contributed by atoms with Gasteiger partial charge in [-0.25, -0.2) is 0 Å². The molecule has 0 radical (unpaired) electrons. The Bertz CT molecular complexity index is 868. The fourth-order valence-electron chi connectivity index (χ4n) is 2.93. The first-order chi connectivity index (χ1) is 10.8. The zero-order valence-corrected chi connectivity index (χ0v) is 12.1. The molecular formula is C17H14N4O. The van der Waals surface area contributed by atoms with E-state index < -0.39 is 0 Å². The number of carbonyl (C=O) groups excluding carboxylic acids is 1. The number of nitrogens with one attached hydrogen (secondary N) is 1. The second-order valence-electron chi connectivity index (χ2n) is 5.26. The molecule has 3 aromatic rings. The van der Waals surface area contributed by atoms with Crippen LogP contribution in [0.15, 0.2) is 48.8 Å². The summed E-state index contributed by atoms with van der Waals surface area (Å²) >= 11 is 0. The van der Waals surface area contributed by atoms with Gasteiger partial charge in [-0.2, -0.15) is 5.10 Å². The summed E-state index contributed by atoms with van der Waals surface area (Å²) in [4.78, 5) is 16.4. The standard InChI is InChI=1S/C17H14N4O/c1-21-16(11-5-3-2-4-6-11)14(10-20-21)15-13-9-19-17(22)12(13)7-8-18-15/h2-8,10H,9H2,1H3,(H,19,22). The van der Waals surface area contributed by atoms with Crippen LogP contribution in [-0.4, -0.2) is 20.7 Å². The molecule has 1 N–H and O–H groups in total. The van der Waals surface area contributed by atoms with E-state index in [2.05, 4.69) is 15.4 Å². The Hall–Kier alpha value is -2.95. The Balaban J connectivity index is 1.95. The van der Waals surface area contributed by atoms with Crippen LogP contribution in [0.4, 0.5) is 0 Å². The van der Waals surface area contributed by atoms with Gasteiger partial charge in [0.05, 0.1) is 17.6 Å². The third-order valence-electron chi connectivity index (χ3n) is 3.97. The lowest BCUT2D eigenvalue weighted by molar-refractivity contribution is 0.0965. The molecule has 0 aliphatic carbocycles. The summed E-state index contributed by atoms with van der Waals surface area (Å²) in [7, 11) is 1.92. The molecule has 5 nitrogen and oxygen atoms in total. The van der Waals surface area contributed by atoms with Crippen molar-refractivity contribution in [3.63, 3.8) is 0 Å². The first-order valence-corrected chi connectivity index (χ1v) is 7.09. The molecule has 0 spiro atoms. The zero-order chi connectivity index (χ0) is 15.1. The number of amides is 1. The van der Waals surface area contributed by atoms with Crippen LogP contribution in [0.2, 0.25) is 0 Å². The van der Waals surface area contributed by atoms with Crippen molar-refractivity contribution in [1.29, 1.82) is 0 Å². The zero-order valence-electron chi connectivity index (χ0n) is 12.1. The Labute approximate surface area is 127 Å². The second kappa shape index (κ2) is 4.80. The normalized spacial score (nSPS) is 13.0.